The van der Waals surface area contributed by atoms with Crippen molar-refractivity contribution in [1.82, 2.24) is 19.9 Å². The minimum atomic E-state index is -0.257. The maximum atomic E-state index is 12.2. The average Bonchev–Trinajstić information content (AvgIpc) is 3.16. The molecule has 1 atom stereocenters. The zero-order valence-electron chi connectivity index (χ0n) is 13.8. The van der Waals surface area contributed by atoms with Crippen molar-refractivity contribution < 1.29 is 4.79 Å². The van der Waals surface area contributed by atoms with E-state index in [2.05, 4.69) is 20.6 Å². The Morgan fingerprint density at radius 3 is 2.88 bits per heavy atom. The fraction of sp³-hybridized carbons (Fsp3) is 0.235. The summed E-state index contributed by atoms with van der Waals surface area (Å²) < 4.78 is 1.94. The molecule has 2 amide bonds. The monoisotopic (exact) mass is 341 g/mol. The van der Waals surface area contributed by atoms with Crippen LogP contribution in [-0.4, -0.2) is 20.6 Å². The van der Waals surface area contributed by atoms with Gasteiger partial charge in [0, 0.05) is 41.8 Å². The molecule has 0 saturated heterocycles. The van der Waals surface area contributed by atoms with Crippen LogP contribution in [0, 0.1) is 6.92 Å². The molecule has 6 nitrogen and oxygen atoms in total. The number of urea groups is 1. The molecule has 2 heterocycles. The van der Waals surface area contributed by atoms with E-state index in [0.29, 0.717) is 0 Å². The predicted octanol–water partition coefficient (Wildman–Crippen LogP) is 3.73. The Morgan fingerprint density at radius 2 is 2.21 bits per heavy atom. The van der Waals surface area contributed by atoms with Gasteiger partial charge in [-0.05, 0) is 26.0 Å². The summed E-state index contributed by atoms with van der Waals surface area (Å²) >= 11 is 1.54. The number of aromatic nitrogens is 3. The topological polar surface area (TPSA) is 71.8 Å². The van der Waals surface area contributed by atoms with Crippen molar-refractivity contribution >= 4 is 23.1 Å². The number of hydrogen-bond donors (Lipinski definition) is 2. The summed E-state index contributed by atoms with van der Waals surface area (Å²) in [6.45, 7) is 3.86. The number of nitrogens with one attached hydrogen (secondary N) is 2. The largest absolute Gasteiger partial charge is 0.334 e. The van der Waals surface area contributed by atoms with E-state index in [1.807, 2.05) is 61.3 Å². The Labute approximate surface area is 144 Å². The van der Waals surface area contributed by atoms with Crippen LogP contribution in [0.5, 0.6) is 0 Å². The number of benzene rings is 1. The molecule has 0 radical (unpaired) electrons. The van der Waals surface area contributed by atoms with E-state index in [0.717, 1.165) is 27.8 Å². The molecule has 0 aliphatic heterocycles. The number of thiazole rings is 1. The summed E-state index contributed by atoms with van der Waals surface area (Å²) in [5.74, 6) is 0.852. The molecule has 0 unspecified atom stereocenters. The number of rotatable bonds is 4. The molecule has 24 heavy (non-hydrogen) atoms. The second kappa shape index (κ2) is 6.84. The Balaban J connectivity index is 1.67. The third kappa shape index (κ3) is 3.62. The number of carbonyl (C=O) groups is 1. The third-order valence-electron chi connectivity index (χ3n) is 3.55. The number of hydrogen-bond acceptors (Lipinski definition) is 4. The summed E-state index contributed by atoms with van der Waals surface area (Å²) in [4.78, 5) is 20.9. The molecule has 0 bridgehead atoms. The van der Waals surface area contributed by atoms with Crippen molar-refractivity contribution in [1.29, 1.82) is 0 Å². The standard InChI is InChI=1S/C17H19N5OS/c1-11-10-24-16(19-11)12(2)20-17(23)21-14-6-4-5-13(9-14)15-18-7-8-22(15)3/h4-10,12H,1-3H3,(H2,20,21,23)/t12-/m0/s1. The SMILES string of the molecule is Cc1csc([C@H](C)NC(=O)Nc2cccc(-c3nccn3C)c2)n1. The van der Waals surface area contributed by atoms with Crippen molar-refractivity contribution in [2.75, 3.05) is 5.32 Å². The maximum absolute atomic E-state index is 12.2. The number of imidazole rings is 1. The van der Waals surface area contributed by atoms with E-state index in [-0.39, 0.29) is 12.1 Å². The van der Waals surface area contributed by atoms with Gasteiger partial charge in [0.1, 0.15) is 10.8 Å². The van der Waals surface area contributed by atoms with Crippen LogP contribution in [0.2, 0.25) is 0 Å². The van der Waals surface area contributed by atoms with Gasteiger partial charge in [0.05, 0.1) is 6.04 Å². The van der Waals surface area contributed by atoms with Gasteiger partial charge in [-0.1, -0.05) is 12.1 Å². The molecule has 0 fully saturated rings. The van der Waals surface area contributed by atoms with E-state index in [1.165, 1.54) is 0 Å². The highest BCUT2D eigenvalue weighted by molar-refractivity contribution is 7.09. The van der Waals surface area contributed by atoms with Crippen LogP contribution < -0.4 is 10.6 Å². The van der Waals surface area contributed by atoms with Gasteiger partial charge < -0.3 is 15.2 Å². The molecule has 3 aromatic rings. The van der Waals surface area contributed by atoms with E-state index in [1.54, 1.807) is 17.5 Å². The van der Waals surface area contributed by atoms with Crippen LogP contribution in [0.25, 0.3) is 11.4 Å². The first-order valence-corrected chi connectivity index (χ1v) is 8.48. The van der Waals surface area contributed by atoms with Crippen LogP contribution >= 0.6 is 11.3 Å². The van der Waals surface area contributed by atoms with Crippen LogP contribution in [0.15, 0.2) is 42.0 Å². The van der Waals surface area contributed by atoms with Gasteiger partial charge in [0.15, 0.2) is 0 Å². The van der Waals surface area contributed by atoms with Gasteiger partial charge in [-0.2, -0.15) is 0 Å². The average molecular weight is 341 g/mol. The lowest BCUT2D eigenvalue weighted by Gasteiger charge is -2.13. The molecular formula is C17H19N5OS. The molecule has 1 aromatic carbocycles. The van der Waals surface area contributed by atoms with Gasteiger partial charge in [0.25, 0.3) is 0 Å². The van der Waals surface area contributed by atoms with Crippen LogP contribution in [0.3, 0.4) is 0 Å². The Hall–Kier alpha value is -2.67. The highest BCUT2D eigenvalue weighted by Gasteiger charge is 2.13. The summed E-state index contributed by atoms with van der Waals surface area (Å²) in [6.07, 6.45) is 3.64. The molecule has 0 spiro atoms. The number of aryl methyl sites for hydroxylation is 2. The second-order valence-corrected chi connectivity index (χ2v) is 6.48. The smallest absolute Gasteiger partial charge is 0.319 e. The molecule has 0 aliphatic carbocycles. The zero-order chi connectivity index (χ0) is 17.1. The summed E-state index contributed by atoms with van der Waals surface area (Å²) in [5.41, 5.74) is 2.63. The van der Waals surface area contributed by atoms with Gasteiger partial charge in [-0.25, -0.2) is 14.8 Å². The lowest BCUT2D eigenvalue weighted by Crippen LogP contribution is -2.31. The quantitative estimate of drug-likeness (QED) is 0.759. The Morgan fingerprint density at radius 1 is 1.38 bits per heavy atom. The predicted molar refractivity (Wildman–Crippen MR) is 96.1 cm³/mol. The fourth-order valence-corrected chi connectivity index (χ4v) is 3.18. The van der Waals surface area contributed by atoms with Crippen molar-refractivity contribution in [2.45, 2.75) is 19.9 Å². The normalized spacial score (nSPS) is 12.0. The Kier molecular flexibility index (Phi) is 4.61. The first-order valence-electron chi connectivity index (χ1n) is 7.60. The molecule has 2 N–H and O–H groups in total. The van der Waals surface area contributed by atoms with Gasteiger partial charge in [0.2, 0.25) is 0 Å². The number of amides is 2. The minimum absolute atomic E-state index is 0.138. The van der Waals surface area contributed by atoms with Crippen molar-refractivity contribution in [3.05, 3.63) is 52.7 Å². The van der Waals surface area contributed by atoms with Crippen molar-refractivity contribution in [3.8, 4) is 11.4 Å². The number of carbonyl (C=O) groups excluding carboxylic acids is 1. The highest BCUT2D eigenvalue weighted by atomic mass is 32.1. The molecule has 124 valence electrons. The lowest BCUT2D eigenvalue weighted by molar-refractivity contribution is 0.249. The van der Waals surface area contributed by atoms with Gasteiger partial charge in [-0.3, -0.25) is 0 Å². The Bertz CT molecular complexity index is 854. The summed E-state index contributed by atoms with van der Waals surface area (Å²) in [7, 11) is 1.94. The van der Waals surface area contributed by atoms with Crippen LogP contribution in [-0.2, 0) is 7.05 Å². The lowest BCUT2D eigenvalue weighted by atomic mass is 10.2. The molecule has 0 aliphatic rings. The van der Waals surface area contributed by atoms with E-state index < -0.39 is 0 Å². The maximum Gasteiger partial charge on any atom is 0.319 e. The molecule has 0 saturated carbocycles. The molecule has 2 aromatic heterocycles. The van der Waals surface area contributed by atoms with Gasteiger partial charge >= 0.3 is 6.03 Å². The van der Waals surface area contributed by atoms with E-state index in [4.69, 9.17) is 0 Å². The third-order valence-corrected chi connectivity index (χ3v) is 4.70. The first-order chi connectivity index (χ1) is 11.5. The number of nitrogens with zero attached hydrogens (tertiary/aromatic N) is 3. The summed E-state index contributed by atoms with van der Waals surface area (Å²) in [5, 5.41) is 8.63. The summed E-state index contributed by atoms with van der Waals surface area (Å²) in [6, 6.07) is 7.22. The molecule has 3 rings (SSSR count). The van der Waals surface area contributed by atoms with E-state index in [9.17, 15) is 4.79 Å². The first kappa shape index (κ1) is 16.2. The highest BCUT2D eigenvalue weighted by Crippen LogP contribution is 2.21. The van der Waals surface area contributed by atoms with Crippen LogP contribution in [0.1, 0.15) is 23.7 Å². The minimum Gasteiger partial charge on any atom is -0.334 e. The van der Waals surface area contributed by atoms with E-state index >= 15 is 0 Å². The molecule has 7 heteroatoms. The van der Waals surface area contributed by atoms with Crippen molar-refractivity contribution in [3.63, 3.8) is 0 Å². The zero-order valence-corrected chi connectivity index (χ0v) is 14.6. The fourth-order valence-electron chi connectivity index (χ4n) is 2.38. The number of anilines is 1. The van der Waals surface area contributed by atoms with Crippen molar-refractivity contribution in [2.24, 2.45) is 7.05 Å². The van der Waals surface area contributed by atoms with Gasteiger partial charge in [-0.15, -0.1) is 11.3 Å². The second-order valence-electron chi connectivity index (χ2n) is 5.59. The molecular weight excluding hydrogens is 322 g/mol. The van der Waals surface area contributed by atoms with Crippen LogP contribution in [0.4, 0.5) is 10.5 Å².